The van der Waals surface area contributed by atoms with Crippen LogP contribution in [0, 0.1) is 11.8 Å². The molecule has 42 heavy (non-hydrogen) atoms. The molecule has 1 N–H and O–H groups in total. The van der Waals surface area contributed by atoms with Gasteiger partial charge in [0.05, 0.1) is 10.5 Å². The fourth-order valence-corrected chi connectivity index (χ4v) is 8.41. The number of thiophene rings is 1. The van der Waals surface area contributed by atoms with Crippen LogP contribution >= 0.6 is 11.3 Å². The van der Waals surface area contributed by atoms with Gasteiger partial charge in [-0.05, 0) is 74.8 Å². The van der Waals surface area contributed by atoms with Crippen molar-refractivity contribution < 1.29 is 18.0 Å². The van der Waals surface area contributed by atoms with Crippen molar-refractivity contribution in [2.24, 2.45) is 11.8 Å². The molecule has 1 aromatic carbocycles. The van der Waals surface area contributed by atoms with Crippen molar-refractivity contribution in [1.82, 2.24) is 14.1 Å². The lowest BCUT2D eigenvalue weighted by atomic mass is 10.0. The minimum absolute atomic E-state index is 0.0265. The highest BCUT2D eigenvalue weighted by molar-refractivity contribution is 7.89. The van der Waals surface area contributed by atoms with Crippen molar-refractivity contribution >= 4 is 38.2 Å². The average molecular weight is 619 g/mol. The second kappa shape index (κ2) is 14.9. The summed E-state index contributed by atoms with van der Waals surface area (Å²) in [6, 6.07) is 6.52. The highest BCUT2D eigenvalue weighted by Gasteiger charge is 2.32. The van der Waals surface area contributed by atoms with Crippen LogP contribution in [0.5, 0.6) is 0 Å². The van der Waals surface area contributed by atoms with E-state index in [-0.39, 0.29) is 28.5 Å². The van der Waals surface area contributed by atoms with E-state index in [4.69, 9.17) is 0 Å². The minimum atomic E-state index is -3.70. The van der Waals surface area contributed by atoms with Crippen molar-refractivity contribution in [3.63, 3.8) is 0 Å². The van der Waals surface area contributed by atoms with Crippen LogP contribution in [0.2, 0.25) is 0 Å². The number of nitrogens with zero attached hydrogens (tertiary/aromatic N) is 3. The third-order valence-corrected chi connectivity index (χ3v) is 10.4. The molecule has 8 nitrogen and oxygen atoms in total. The maximum Gasteiger partial charge on any atom is 0.257 e. The number of carbonyl (C=O) groups excluding carboxylic acids is 2. The van der Waals surface area contributed by atoms with Crippen LogP contribution in [0.15, 0.2) is 29.2 Å². The van der Waals surface area contributed by atoms with Crippen LogP contribution in [0.1, 0.15) is 99.4 Å². The summed E-state index contributed by atoms with van der Waals surface area (Å²) in [6.07, 6.45) is 2.49. The quantitative estimate of drug-likeness (QED) is 0.267. The number of hydrogen-bond donors (Lipinski definition) is 1. The number of benzene rings is 1. The van der Waals surface area contributed by atoms with Crippen LogP contribution in [-0.2, 0) is 23.0 Å². The van der Waals surface area contributed by atoms with Gasteiger partial charge >= 0.3 is 0 Å². The summed E-state index contributed by atoms with van der Waals surface area (Å²) >= 11 is 1.49. The Morgan fingerprint density at radius 2 is 1.52 bits per heavy atom. The van der Waals surface area contributed by atoms with Crippen molar-refractivity contribution in [3.05, 3.63) is 45.8 Å². The van der Waals surface area contributed by atoms with Gasteiger partial charge in [-0.1, -0.05) is 41.5 Å². The van der Waals surface area contributed by atoms with Crippen LogP contribution in [0.3, 0.4) is 0 Å². The Morgan fingerprint density at radius 3 is 2.02 bits per heavy atom. The number of amides is 2. The van der Waals surface area contributed by atoms with Gasteiger partial charge in [-0.2, -0.15) is 4.31 Å². The van der Waals surface area contributed by atoms with E-state index < -0.39 is 10.0 Å². The predicted molar refractivity (Wildman–Crippen MR) is 173 cm³/mol. The second-order valence-electron chi connectivity index (χ2n) is 12.4. The van der Waals surface area contributed by atoms with E-state index in [1.807, 2.05) is 32.6 Å². The maximum atomic E-state index is 13.9. The minimum Gasteiger partial charge on any atom is -0.339 e. The SMILES string of the molecule is CCCN(CCC)C(=O)c1c(NC(=O)c2ccc(S(=O)(=O)N(CC(C)C)CC(C)C)cc2)sc2c1CCN(C(C)C)C2. The zero-order valence-corrected chi connectivity index (χ0v) is 28.3. The van der Waals surface area contributed by atoms with Gasteiger partial charge in [0.15, 0.2) is 0 Å². The number of hydrogen-bond acceptors (Lipinski definition) is 6. The topological polar surface area (TPSA) is 90.0 Å². The van der Waals surface area contributed by atoms with Crippen LogP contribution in [0.25, 0.3) is 0 Å². The van der Waals surface area contributed by atoms with Gasteiger partial charge in [0.1, 0.15) is 5.00 Å². The van der Waals surface area contributed by atoms with Gasteiger partial charge < -0.3 is 10.2 Å². The first-order valence-corrected chi connectivity index (χ1v) is 17.6. The Kier molecular flexibility index (Phi) is 12.2. The third-order valence-electron chi connectivity index (χ3n) is 7.42. The summed E-state index contributed by atoms with van der Waals surface area (Å²) in [5, 5.41) is 3.61. The molecule has 2 aromatic rings. The average Bonchev–Trinajstić information content (AvgIpc) is 3.28. The van der Waals surface area contributed by atoms with E-state index in [9.17, 15) is 18.0 Å². The van der Waals surface area contributed by atoms with Gasteiger partial charge in [0.2, 0.25) is 10.0 Å². The number of nitrogens with one attached hydrogen (secondary N) is 1. The molecule has 0 atom stereocenters. The molecule has 0 unspecified atom stereocenters. The lowest BCUT2D eigenvalue weighted by Crippen LogP contribution is -2.37. The number of carbonyl (C=O) groups is 2. The van der Waals surface area contributed by atoms with Gasteiger partial charge in [0, 0.05) is 55.8 Å². The molecule has 0 spiro atoms. The van der Waals surface area contributed by atoms with Gasteiger partial charge in [-0.25, -0.2) is 8.42 Å². The molecule has 0 radical (unpaired) electrons. The molecule has 3 rings (SSSR count). The molecule has 0 bridgehead atoms. The van der Waals surface area contributed by atoms with Crippen LogP contribution in [-0.4, -0.2) is 73.1 Å². The molecule has 0 saturated carbocycles. The molecule has 0 aliphatic carbocycles. The fraction of sp³-hybridized carbons (Fsp3) is 0.625. The highest BCUT2D eigenvalue weighted by Crippen LogP contribution is 2.39. The monoisotopic (exact) mass is 618 g/mol. The van der Waals surface area contributed by atoms with Crippen LogP contribution < -0.4 is 5.32 Å². The molecule has 1 aliphatic heterocycles. The Balaban J connectivity index is 1.92. The lowest BCUT2D eigenvalue weighted by molar-refractivity contribution is 0.0755. The molecule has 2 heterocycles. The smallest absolute Gasteiger partial charge is 0.257 e. The summed E-state index contributed by atoms with van der Waals surface area (Å²) in [5.74, 6) is -0.00186. The summed E-state index contributed by atoms with van der Waals surface area (Å²) in [7, 11) is -3.70. The molecular formula is C32H50N4O4S2. The Hall–Kier alpha value is -2.27. The first kappa shape index (κ1) is 34.2. The Morgan fingerprint density at radius 1 is 0.952 bits per heavy atom. The molecule has 1 aliphatic rings. The number of sulfonamides is 1. The Bertz CT molecular complexity index is 1300. The molecular weight excluding hydrogens is 569 g/mol. The standard InChI is InChI=1S/C32H50N4O4S2/c1-9-16-34(17-10-2)32(38)29-27-15-18-35(24(7)8)21-28(27)41-31(29)33-30(37)25-11-13-26(14-12-25)42(39,40)36(19-22(3)4)20-23(5)6/h11-14,22-24H,9-10,15-21H2,1-8H3,(H,33,37). The van der Waals surface area contributed by atoms with Gasteiger partial charge in [-0.15, -0.1) is 11.3 Å². The van der Waals surface area contributed by atoms with Crippen molar-refractivity contribution in [2.75, 3.05) is 38.0 Å². The summed E-state index contributed by atoms with van der Waals surface area (Å²) in [4.78, 5) is 32.9. The predicted octanol–water partition coefficient (Wildman–Crippen LogP) is 6.33. The number of fused-ring (bicyclic) bond motifs is 1. The number of anilines is 1. The second-order valence-corrected chi connectivity index (χ2v) is 15.4. The van der Waals surface area contributed by atoms with Crippen molar-refractivity contribution in [1.29, 1.82) is 0 Å². The zero-order valence-electron chi connectivity index (χ0n) is 26.7. The first-order chi connectivity index (χ1) is 19.8. The first-order valence-electron chi connectivity index (χ1n) is 15.4. The fourth-order valence-electron chi connectivity index (χ4n) is 5.38. The van der Waals surface area contributed by atoms with Gasteiger partial charge in [0.25, 0.3) is 11.8 Å². The van der Waals surface area contributed by atoms with E-state index in [1.165, 1.54) is 27.8 Å². The lowest BCUT2D eigenvalue weighted by Gasteiger charge is -2.31. The van der Waals surface area contributed by atoms with E-state index in [2.05, 4.69) is 37.9 Å². The molecule has 10 heteroatoms. The molecule has 0 saturated heterocycles. The molecule has 0 fully saturated rings. The van der Waals surface area contributed by atoms with E-state index in [0.717, 1.165) is 42.8 Å². The number of rotatable bonds is 14. The molecule has 1 aromatic heterocycles. The van der Waals surface area contributed by atoms with E-state index in [1.54, 1.807) is 12.1 Å². The largest absolute Gasteiger partial charge is 0.339 e. The molecule has 234 valence electrons. The van der Waals surface area contributed by atoms with E-state index >= 15 is 0 Å². The highest BCUT2D eigenvalue weighted by atomic mass is 32.2. The Labute approximate surface area is 257 Å². The van der Waals surface area contributed by atoms with E-state index in [0.29, 0.717) is 48.3 Å². The third kappa shape index (κ3) is 8.21. The van der Waals surface area contributed by atoms with Crippen molar-refractivity contribution in [2.45, 2.75) is 92.1 Å². The van der Waals surface area contributed by atoms with Crippen molar-refractivity contribution in [3.8, 4) is 0 Å². The zero-order chi connectivity index (χ0) is 31.2. The maximum absolute atomic E-state index is 13.9. The van der Waals surface area contributed by atoms with Gasteiger partial charge in [-0.3, -0.25) is 14.5 Å². The summed E-state index contributed by atoms with van der Waals surface area (Å²) in [5.41, 5.74) is 2.01. The summed E-state index contributed by atoms with van der Waals surface area (Å²) < 4.78 is 28.4. The van der Waals surface area contributed by atoms with Crippen LogP contribution in [0.4, 0.5) is 5.00 Å². The summed E-state index contributed by atoms with van der Waals surface area (Å²) in [6.45, 7) is 20.3. The molecule has 2 amide bonds. The normalized spacial score (nSPS) is 14.2.